The van der Waals surface area contributed by atoms with Crippen LogP contribution in [0.2, 0.25) is 0 Å². The van der Waals surface area contributed by atoms with E-state index in [9.17, 15) is 0 Å². The number of hydrogen-bond donors (Lipinski definition) is 1. The Morgan fingerprint density at radius 1 is 1.62 bits per heavy atom. The Labute approximate surface area is 81.5 Å². The summed E-state index contributed by atoms with van der Waals surface area (Å²) in [5.41, 5.74) is 7.51. The molecule has 2 N–H and O–H groups in total. The highest BCUT2D eigenvalue weighted by atomic mass is 32.2. The van der Waals surface area contributed by atoms with E-state index in [1.807, 2.05) is 24.1 Å². The maximum atomic E-state index is 5.48. The summed E-state index contributed by atoms with van der Waals surface area (Å²) in [6, 6.07) is 3.92. The van der Waals surface area contributed by atoms with E-state index in [0.717, 1.165) is 28.4 Å². The molecule has 0 bridgehead atoms. The lowest BCUT2D eigenvalue weighted by molar-refractivity contribution is 1.20. The molecule has 0 saturated carbocycles. The van der Waals surface area contributed by atoms with E-state index in [-0.39, 0.29) is 0 Å². The monoisotopic (exact) mass is 192 g/mol. The van der Waals surface area contributed by atoms with Crippen LogP contribution in [0, 0.1) is 11.1 Å². The van der Waals surface area contributed by atoms with Gasteiger partial charge in [-0.05, 0) is 12.7 Å². The van der Waals surface area contributed by atoms with E-state index < -0.39 is 0 Å². The van der Waals surface area contributed by atoms with Gasteiger partial charge in [-0.1, -0.05) is 11.6 Å². The molecule has 2 heterocycles. The van der Waals surface area contributed by atoms with E-state index >= 15 is 0 Å². The van der Waals surface area contributed by atoms with Gasteiger partial charge >= 0.3 is 0 Å². The molecular formula is C9H10N3S-. The summed E-state index contributed by atoms with van der Waals surface area (Å²) in [6.45, 7) is 0.511. The van der Waals surface area contributed by atoms with E-state index in [1.54, 1.807) is 6.20 Å². The average molecular weight is 192 g/mol. The van der Waals surface area contributed by atoms with Crippen molar-refractivity contribution in [3.05, 3.63) is 41.2 Å². The molecule has 1 aromatic heterocycles. The number of nitrogens with two attached hydrogens (primary N) is 1. The van der Waals surface area contributed by atoms with Crippen molar-refractivity contribution in [2.24, 2.45) is 10.7 Å². The lowest BCUT2D eigenvalue weighted by Gasteiger charge is -2.07. The second-order valence-corrected chi connectivity index (χ2v) is 3.57. The van der Waals surface area contributed by atoms with Gasteiger partial charge in [0.25, 0.3) is 0 Å². The van der Waals surface area contributed by atoms with Crippen LogP contribution in [0.5, 0.6) is 0 Å². The fraction of sp³-hybridized carbons (Fsp3) is 0.111. The first-order chi connectivity index (χ1) is 6.40. The molecule has 13 heavy (non-hydrogen) atoms. The molecule has 0 atom stereocenters. The molecule has 3 nitrogen and oxygen atoms in total. The third-order valence-corrected chi connectivity index (χ3v) is 2.74. The topological polar surface area (TPSA) is 51.3 Å². The van der Waals surface area contributed by atoms with Gasteiger partial charge in [0.2, 0.25) is 0 Å². The molecule has 68 valence electrons. The summed E-state index contributed by atoms with van der Waals surface area (Å²) >= 11 is 1.11. The molecule has 0 aliphatic carbocycles. The van der Waals surface area contributed by atoms with Gasteiger partial charge in [-0.25, -0.2) is 0 Å². The normalized spacial score (nSPS) is 15.5. The van der Waals surface area contributed by atoms with Crippen molar-refractivity contribution >= 4 is 17.5 Å². The van der Waals surface area contributed by atoms with Gasteiger partial charge in [0.05, 0.1) is 0 Å². The van der Waals surface area contributed by atoms with Crippen LogP contribution in [0.4, 0.5) is 0 Å². The quantitative estimate of drug-likeness (QED) is 0.416. The van der Waals surface area contributed by atoms with Gasteiger partial charge in [0.15, 0.2) is 0 Å². The molecule has 0 amide bonds. The molecule has 1 aliphatic rings. The van der Waals surface area contributed by atoms with Gasteiger partial charge in [-0.3, -0.25) is 0 Å². The molecule has 0 spiro atoms. The summed E-state index contributed by atoms with van der Waals surface area (Å²) in [5, 5.41) is 1.04. The van der Waals surface area contributed by atoms with Crippen LogP contribution >= 0.6 is 0 Å². The van der Waals surface area contributed by atoms with Crippen molar-refractivity contribution in [1.29, 1.82) is 0 Å². The first kappa shape index (κ1) is 8.47. The number of thiol groups is 1. The first-order valence-corrected chi connectivity index (χ1v) is 4.95. The zero-order chi connectivity index (χ0) is 9.10. The standard InChI is InChI=1S/C9H10N3S/c10-4-8-6-13-9(12-8)7-2-1-3-11-5-7/h1-3,5-6,13H,4,10H2/q-1. The van der Waals surface area contributed by atoms with Crippen molar-refractivity contribution in [3.63, 3.8) is 0 Å². The van der Waals surface area contributed by atoms with Crippen molar-refractivity contribution in [2.75, 3.05) is 6.54 Å². The minimum atomic E-state index is 0.511. The van der Waals surface area contributed by atoms with Crippen LogP contribution in [0.25, 0.3) is 0 Å². The van der Waals surface area contributed by atoms with Crippen molar-refractivity contribution in [3.8, 4) is 0 Å². The number of nitrogens with zero attached hydrogens (tertiary/aromatic N) is 2. The highest BCUT2D eigenvalue weighted by Crippen LogP contribution is 2.23. The smallest absolute Gasteiger partial charge is 0.134 e. The van der Waals surface area contributed by atoms with Crippen LogP contribution in [-0.4, -0.2) is 17.2 Å². The van der Waals surface area contributed by atoms with Crippen molar-refractivity contribution in [2.45, 2.75) is 0 Å². The summed E-state index contributed by atoms with van der Waals surface area (Å²) in [7, 11) is 0. The molecule has 1 aromatic rings. The molecule has 1 aliphatic heterocycles. The summed E-state index contributed by atoms with van der Waals surface area (Å²) in [4.78, 5) is 8.42. The third-order valence-electron chi connectivity index (χ3n) is 1.71. The fourth-order valence-corrected chi connectivity index (χ4v) is 1.96. The Kier molecular flexibility index (Phi) is 2.42. The zero-order valence-electron chi connectivity index (χ0n) is 7.01. The van der Waals surface area contributed by atoms with Gasteiger partial charge in [0, 0.05) is 6.20 Å². The predicted octanol–water partition coefficient (Wildman–Crippen LogP) is 0.309. The average Bonchev–Trinajstić information content (AvgIpc) is 2.67. The van der Waals surface area contributed by atoms with Crippen molar-refractivity contribution in [1.82, 2.24) is 4.98 Å². The fourth-order valence-electron chi connectivity index (χ4n) is 1.06. The first-order valence-electron chi connectivity index (χ1n) is 3.99. The molecule has 0 radical (unpaired) electrons. The van der Waals surface area contributed by atoms with Gasteiger partial charge in [-0.2, -0.15) is 17.5 Å². The van der Waals surface area contributed by atoms with Crippen LogP contribution < -0.4 is 5.73 Å². The minimum Gasteiger partial charge on any atom is -0.337 e. The second-order valence-electron chi connectivity index (χ2n) is 2.63. The highest BCUT2D eigenvalue weighted by molar-refractivity contribution is 7.85. The predicted molar refractivity (Wildman–Crippen MR) is 56.1 cm³/mol. The number of hydrogen-bond acceptors (Lipinski definition) is 3. The van der Waals surface area contributed by atoms with Gasteiger partial charge < -0.3 is 15.7 Å². The molecule has 0 unspecified atom stereocenters. The van der Waals surface area contributed by atoms with Crippen LogP contribution in [-0.2, 0) is 11.8 Å². The van der Waals surface area contributed by atoms with E-state index in [2.05, 4.69) is 9.98 Å². The van der Waals surface area contributed by atoms with E-state index in [1.165, 1.54) is 0 Å². The van der Waals surface area contributed by atoms with Crippen LogP contribution in [0.1, 0.15) is 5.56 Å². The Morgan fingerprint density at radius 2 is 2.54 bits per heavy atom. The largest absolute Gasteiger partial charge is 0.337 e. The number of aromatic nitrogens is 1. The number of aliphatic imine (C=N–C) groups is 1. The Hall–Kier alpha value is -1.13. The second kappa shape index (κ2) is 3.72. The molecule has 0 saturated heterocycles. The molecular weight excluding hydrogens is 182 g/mol. The molecule has 2 rings (SSSR count). The Morgan fingerprint density at radius 3 is 3.15 bits per heavy atom. The van der Waals surface area contributed by atoms with Gasteiger partial charge in [0.1, 0.15) is 5.37 Å². The van der Waals surface area contributed by atoms with Crippen LogP contribution in [0.15, 0.2) is 29.5 Å². The minimum absolute atomic E-state index is 0.511. The zero-order valence-corrected chi connectivity index (χ0v) is 7.91. The summed E-state index contributed by atoms with van der Waals surface area (Å²) in [5.74, 6) is 2.03. The maximum Gasteiger partial charge on any atom is 0.134 e. The Bertz CT molecular complexity index is 310. The molecule has 0 fully saturated rings. The summed E-state index contributed by atoms with van der Waals surface area (Å²) < 4.78 is 0. The molecule has 0 aromatic carbocycles. The van der Waals surface area contributed by atoms with Crippen LogP contribution in [0.3, 0.4) is 0 Å². The number of pyridine rings is 1. The summed E-state index contributed by atoms with van der Waals surface area (Å²) in [6.07, 6.45) is 3.58. The SMILES string of the molecule is NCC1=N[C-](c2cccnc2)[SH+][CH-]1. The highest BCUT2D eigenvalue weighted by Gasteiger charge is 2.11. The lowest BCUT2D eigenvalue weighted by Crippen LogP contribution is -2.10. The van der Waals surface area contributed by atoms with E-state index in [4.69, 9.17) is 5.73 Å². The molecule has 4 heteroatoms. The van der Waals surface area contributed by atoms with Gasteiger partial charge in [-0.15, -0.1) is 11.8 Å². The Balaban J connectivity index is 2.16. The number of rotatable bonds is 2. The maximum absolute atomic E-state index is 5.48. The van der Waals surface area contributed by atoms with Crippen molar-refractivity contribution < 1.29 is 0 Å². The third kappa shape index (κ3) is 1.79. The lowest BCUT2D eigenvalue weighted by atomic mass is 10.3. The van der Waals surface area contributed by atoms with E-state index in [0.29, 0.717) is 6.54 Å².